The summed E-state index contributed by atoms with van der Waals surface area (Å²) in [7, 11) is 1.68. The number of H-pyrrole nitrogens is 1. The van der Waals surface area contributed by atoms with E-state index in [0.29, 0.717) is 19.5 Å². The van der Waals surface area contributed by atoms with E-state index in [0.717, 1.165) is 41.7 Å². The molecule has 0 bridgehead atoms. The van der Waals surface area contributed by atoms with Crippen molar-refractivity contribution in [2.75, 3.05) is 13.1 Å². The van der Waals surface area contributed by atoms with Gasteiger partial charge in [-0.2, -0.15) is 5.10 Å². The molecule has 1 atom stereocenters. The maximum Gasteiger partial charge on any atom is 0.345 e. The molecule has 4 rings (SSSR count). The molecule has 1 amide bonds. The predicted octanol–water partition coefficient (Wildman–Crippen LogP) is 2.03. The van der Waals surface area contributed by atoms with Crippen molar-refractivity contribution in [1.29, 1.82) is 0 Å². The SMILES string of the molecule is CCn1c(C2CCCN(C(=O)Cc3c[nH]c4ccccc34)C2)nn(C)c1=O. The van der Waals surface area contributed by atoms with Gasteiger partial charge in [-0.15, -0.1) is 0 Å². The van der Waals surface area contributed by atoms with Crippen LogP contribution in [0.4, 0.5) is 0 Å². The smallest absolute Gasteiger partial charge is 0.345 e. The highest BCUT2D eigenvalue weighted by Gasteiger charge is 2.29. The molecule has 1 fully saturated rings. The minimum atomic E-state index is -0.0882. The van der Waals surface area contributed by atoms with Gasteiger partial charge in [-0.05, 0) is 31.4 Å². The van der Waals surface area contributed by atoms with Crippen molar-refractivity contribution in [1.82, 2.24) is 24.2 Å². The number of hydrogen-bond donors (Lipinski definition) is 1. The number of piperidine rings is 1. The molecule has 1 aliphatic heterocycles. The number of nitrogens with zero attached hydrogens (tertiary/aromatic N) is 4. The van der Waals surface area contributed by atoms with Crippen molar-refractivity contribution >= 4 is 16.8 Å². The Bertz CT molecular complexity index is 1030. The maximum absolute atomic E-state index is 12.9. The molecule has 1 aromatic carbocycles. The average molecular weight is 367 g/mol. The number of aromatic amines is 1. The highest BCUT2D eigenvalue weighted by atomic mass is 16.2. The van der Waals surface area contributed by atoms with Crippen molar-refractivity contribution in [3.8, 4) is 0 Å². The van der Waals surface area contributed by atoms with Crippen LogP contribution in [0.5, 0.6) is 0 Å². The van der Waals surface area contributed by atoms with E-state index in [1.54, 1.807) is 11.6 Å². The van der Waals surface area contributed by atoms with Crippen LogP contribution in [0.25, 0.3) is 10.9 Å². The number of aromatic nitrogens is 4. The molecule has 7 nitrogen and oxygen atoms in total. The monoisotopic (exact) mass is 367 g/mol. The lowest BCUT2D eigenvalue weighted by atomic mass is 9.96. The fourth-order valence-corrected chi connectivity index (χ4v) is 4.09. The summed E-state index contributed by atoms with van der Waals surface area (Å²) in [4.78, 5) is 30.3. The van der Waals surface area contributed by atoms with Crippen LogP contribution < -0.4 is 5.69 Å². The Morgan fingerprint density at radius 3 is 2.96 bits per heavy atom. The number of carbonyl (C=O) groups is 1. The van der Waals surface area contributed by atoms with Gasteiger partial charge in [0.15, 0.2) is 0 Å². The van der Waals surface area contributed by atoms with Gasteiger partial charge in [-0.25, -0.2) is 9.48 Å². The van der Waals surface area contributed by atoms with Crippen LogP contribution >= 0.6 is 0 Å². The fourth-order valence-electron chi connectivity index (χ4n) is 4.09. The van der Waals surface area contributed by atoms with Crippen LogP contribution in [-0.4, -0.2) is 43.2 Å². The second kappa shape index (κ2) is 7.06. The zero-order valence-corrected chi connectivity index (χ0v) is 15.8. The zero-order chi connectivity index (χ0) is 19.0. The van der Waals surface area contributed by atoms with Crippen LogP contribution in [-0.2, 0) is 24.8 Å². The molecule has 0 saturated carbocycles. The number of nitrogens with one attached hydrogen (secondary N) is 1. The average Bonchev–Trinajstić information content (AvgIpc) is 3.23. The Hall–Kier alpha value is -2.83. The normalized spacial score (nSPS) is 17.6. The molecule has 0 aliphatic carbocycles. The third-order valence-corrected chi connectivity index (χ3v) is 5.51. The highest BCUT2D eigenvalue weighted by molar-refractivity contribution is 5.88. The molecule has 2 aromatic heterocycles. The summed E-state index contributed by atoms with van der Waals surface area (Å²) in [6, 6.07) is 8.04. The third kappa shape index (κ3) is 3.18. The van der Waals surface area contributed by atoms with Gasteiger partial charge >= 0.3 is 5.69 Å². The molecule has 142 valence electrons. The number of aryl methyl sites for hydroxylation is 1. The van der Waals surface area contributed by atoms with Gasteiger partial charge in [-0.1, -0.05) is 18.2 Å². The number of likely N-dealkylation sites (tertiary alicyclic amines) is 1. The van der Waals surface area contributed by atoms with E-state index in [1.807, 2.05) is 42.3 Å². The predicted molar refractivity (Wildman–Crippen MR) is 104 cm³/mol. The van der Waals surface area contributed by atoms with E-state index in [4.69, 9.17) is 0 Å². The number of fused-ring (bicyclic) bond motifs is 1. The Morgan fingerprint density at radius 1 is 1.33 bits per heavy atom. The lowest BCUT2D eigenvalue weighted by Gasteiger charge is -2.32. The fraction of sp³-hybridized carbons (Fsp3) is 0.450. The van der Waals surface area contributed by atoms with Crippen LogP contribution in [0.1, 0.15) is 37.1 Å². The lowest BCUT2D eigenvalue weighted by Crippen LogP contribution is -2.40. The van der Waals surface area contributed by atoms with Crippen LogP contribution in [0.3, 0.4) is 0 Å². The van der Waals surface area contributed by atoms with Gasteiger partial charge in [0, 0.05) is 49.7 Å². The number of benzene rings is 1. The van der Waals surface area contributed by atoms with Crippen molar-refractivity contribution in [3.63, 3.8) is 0 Å². The quantitative estimate of drug-likeness (QED) is 0.767. The Labute approximate surface area is 157 Å². The summed E-state index contributed by atoms with van der Waals surface area (Å²) in [5.41, 5.74) is 1.99. The molecule has 3 heterocycles. The Morgan fingerprint density at radius 2 is 2.15 bits per heavy atom. The van der Waals surface area contributed by atoms with Crippen molar-refractivity contribution in [3.05, 3.63) is 52.3 Å². The van der Waals surface area contributed by atoms with Gasteiger partial charge in [0.2, 0.25) is 5.91 Å². The molecule has 1 unspecified atom stereocenters. The molecule has 1 N–H and O–H groups in total. The van der Waals surface area contributed by atoms with Crippen LogP contribution in [0, 0.1) is 0 Å². The minimum Gasteiger partial charge on any atom is -0.361 e. The highest BCUT2D eigenvalue weighted by Crippen LogP contribution is 2.26. The number of rotatable bonds is 4. The second-order valence-corrected chi connectivity index (χ2v) is 7.22. The molecule has 27 heavy (non-hydrogen) atoms. The molecule has 1 saturated heterocycles. The molecule has 1 aliphatic rings. The second-order valence-electron chi connectivity index (χ2n) is 7.22. The molecule has 3 aromatic rings. The van der Waals surface area contributed by atoms with Crippen molar-refractivity contribution in [2.24, 2.45) is 7.05 Å². The van der Waals surface area contributed by atoms with Gasteiger partial charge in [0.1, 0.15) is 5.82 Å². The first-order chi connectivity index (χ1) is 13.1. The Kier molecular flexibility index (Phi) is 4.59. The molecular formula is C20H25N5O2. The third-order valence-electron chi connectivity index (χ3n) is 5.51. The lowest BCUT2D eigenvalue weighted by molar-refractivity contribution is -0.131. The summed E-state index contributed by atoms with van der Waals surface area (Å²) in [6.45, 7) is 3.94. The zero-order valence-electron chi connectivity index (χ0n) is 15.8. The number of amides is 1. The topological polar surface area (TPSA) is 75.9 Å². The molecule has 7 heteroatoms. The van der Waals surface area contributed by atoms with Crippen molar-refractivity contribution < 1.29 is 4.79 Å². The summed E-state index contributed by atoms with van der Waals surface area (Å²) >= 11 is 0. The summed E-state index contributed by atoms with van der Waals surface area (Å²) < 4.78 is 3.11. The molecule has 0 radical (unpaired) electrons. The van der Waals surface area contributed by atoms with E-state index in [-0.39, 0.29) is 17.5 Å². The first kappa shape index (κ1) is 17.6. The van der Waals surface area contributed by atoms with E-state index < -0.39 is 0 Å². The van der Waals surface area contributed by atoms with E-state index in [2.05, 4.69) is 10.1 Å². The van der Waals surface area contributed by atoms with Crippen LogP contribution in [0.15, 0.2) is 35.3 Å². The standard InChI is InChI=1S/C20H25N5O2/c1-3-25-19(22-23(2)20(25)27)14-7-6-10-24(13-14)18(26)11-15-12-21-17-9-5-4-8-16(15)17/h4-5,8-9,12,14,21H,3,6-7,10-11,13H2,1-2H3. The maximum atomic E-state index is 12.9. The van der Waals surface area contributed by atoms with E-state index >= 15 is 0 Å². The summed E-state index contributed by atoms with van der Waals surface area (Å²) in [6.07, 6.45) is 4.20. The molecular weight excluding hydrogens is 342 g/mol. The van der Waals surface area contributed by atoms with Gasteiger partial charge in [0.25, 0.3) is 0 Å². The Balaban J connectivity index is 1.52. The van der Waals surface area contributed by atoms with Gasteiger partial charge < -0.3 is 9.88 Å². The number of carbonyl (C=O) groups excluding carboxylic acids is 1. The number of para-hydroxylation sites is 1. The summed E-state index contributed by atoms with van der Waals surface area (Å²) in [5, 5.41) is 5.54. The summed E-state index contributed by atoms with van der Waals surface area (Å²) in [5.74, 6) is 1.04. The van der Waals surface area contributed by atoms with E-state index in [9.17, 15) is 9.59 Å². The van der Waals surface area contributed by atoms with Crippen LogP contribution in [0.2, 0.25) is 0 Å². The van der Waals surface area contributed by atoms with E-state index in [1.165, 1.54) is 4.68 Å². The van der Waals surface area contributed by atoms with Crippen molar-refractivity contribution in [2.45, 2.75) is 38.6 Å². The first-order valence-corrected chi connectivity index (χ1v) is 9.55. The molecule has 0 spiro atoms. The first-order valence-electron chi connectivity index (χ1n) is 9.55. The number of hydrogen-bond acceptors (Lipinski definition) is 3. The largest absolute Gasteiger partial charge is 0.361 e. The van der Waals surface area contributed by atoms with Gasteiger partial charge in [-0.3, -0.25) is 9.36 Å². The minimum absolute atomic E-state index is 0.0882. The van der Waals surface area contributed by atoms with Gasteiger partial charge in [0.05, 0.1) is 6.42 Å².